The lowest BCUT2D eigenvalue weighted by Gasteiger charge is -2.37. The second-order valence-corrected chi connectivity index (χ2v) is 5.67. The van der Waals surface area contributed by atoms with E-state index >= 15 is 0 Å². The Morgan fingerprint density at radius 1 is 1.47 bits per heavy atom. The third kappa shape index (κ3) is 3.32. The van der Waals surface area contributed by atoms with Crippen LogP contribution in [0.4, 0.5) is 0 Å². The predicted molar refractivity (Wildman–Crippen MR) is 75.2 cm³/mol. The molecular formula is C15H23N3O. The lowest BCUT2D eigenvalue weighted by molar-refractivity contribution is -0.133. The van der Waals surface area contributed by atoms with Gasteiger partial charge in [0.2, 0.25) is 5.91 Å². The van der Waals surface area contributed by atoms with Gasteiger partial charge in [0.05, 0.1) is 17.7 Å². The van der Waals surface area contributed by atoms with Crippen LogP contribution in [0.15, 0.2) is 24.4 Å². The molecule has 1 aliphatic rings. The molecule has 0 aromatic carbocycles. The summed E-state index contributed by atoms with van der Waals surface area (Å²) >= 11 is 0. The first kappa shape index (κ1) is 14.0. The number of nitrogens with zero attached hydrogens (tertiary/aromatic N) is 1. The summed E-state index contributed by atoms with van der Waals surface area (Å²) in [5.41, 5.74) is 6.40. The molecule has 1 aromatic rings. The second-order valence-electron chi connectivity index (χ2n) is 5.67. The highest BCUT2D eigenvalue weighted by Crippen LogP contribution is 2.38. The summed E-state index contributed by atoms with van der Waals surface area (Å²) in [7, 11) is 0. The molecule has 1 heterocycles. The van der Waals surface area contributed by atoms with Gasteiger partial charge in [-0.2, -0.15) is 0 Å². The Kier molecular flexibility index (Phi) is 4.53. The van der Waals surface area contributed by atoms with E-state index in [-0.39, 0.29) is 11.3 Å². The summed E-state index contributed by atoms with van der Waals surface area (Å²) in [6, 6.07) is 5.71. The van der Waals surface area contributed by atoms with E-state index in [9.17, 15) is 4.79 Å². The van der Waals surface area contributed by atoms with Gasteiger partial charge in [-0.3, -0.25) is 9.78 Å². The summed E-state index contributed by atoms with van der Waals surface area (Å²) in [6.45, 7) is 3.16. The predicted octanol–water partition coefficient (Wildman–Crippen LogP) is 1.85. The summed E-state index contributed by atoms with van der Waals surface area (Å²) in [5.74, 6) is 0.802. The standard InChI is InChI=1S/C15H23N3O/c1-12-5-7-15(11-16,8-6-12)14(19)18-10-13-4-2-3-9-17-13/h2-4,9,12H,5-8,10-11,16H2,1H3,(H,18,19). The number of carbonyl (C=O) groups excluding carboxylic acids is 1. The van der Waals surface area contributed by atoms with Gasteiger partial charge in [-0.1, -0.05) is 13.0 Å². The molecule has 4 nitrogen and oxygen atoms in total. The van der Waals surface area contributed by atoms with Crippen LogP contribution in [0.3, 0.4) is 0 Å². The summed E-state index contributed by atoms with van der Waals surface area (Å²) in [5, 5.41) is 2.99. The fourth-order valence-corrected chi connectivity index (χ4v) is 2.70. The van der Waals surface area contributed by atoms with Gasteiger partial charge in [-0.25, -0.2) is 0 Å². The fraction of sp³-hybridized carbons (Fsp3) is 0.600. The van der Waals surface area contributed by atoms with Crippen molar-refractivity contribution >= 4 is 5.91 Å². The molecule has 1 aliphatic carbocycles. The van der Waals surface area contributed by atoms with Gasteiger partial charge in [0.1, 0.15) is 0 Å². The molecule has 0 bridgehead atoms. The van der Waals surface area contributed by atoms with E-state index in [1.54, 1.807) is 6.20 Å². The Labute approximate surface area is 114 Å². The lowest BCUT2D eigenvalue weighted by atomic mass is 9.70. The maximum absolute atomic E-state index is 12.4. The first-order valence-corrected chi connectivity index (χ1v) is 7.04. The number of nitrogens with one attached hydrogen (secondary N) is 1. The first-order chi connectivity index (χ1) is 9.16. The van der Waals surface area contributed by atoms with Crippen LogP contribution < -0.4 is 11.1 Å². The molecule has 0 aliphatic heterocycles. The number of aromatic nitrogens is 1. The molecule has 1 saturated carbocycles. The average Bonchev–Trinajstić information content (AvgIpc) is 2.47. The zero-order valence-corrected chi connectivity index (χ0v) is 11.6. The number of carbonyl (C=O) groups is 1. The molecule has 104 valence electrons. The molecule has 0 unspecified atom stereocenters. The van der Waals surface area contributed by atoms with E-state index < -0.39 is 0 Å². The molecular weight excluding hydrogens is 238 g/mol. The second kappa shape index (κ2) is 6.15. The maximum atomic E-state index is 12.4. The van der Waals surface area contributed by atoms with Crippen molar-refractivity contribution in [2.45, 2.75) is 39.2 Å². The third-order valence-corrected chi connectivity index (χ3v) is 4.26. The van der Waals surface area contributed by atoms with Gasteiger partial charge in [0, 0.05) is 12.7 Å². The summed E-state index contributed by atoms with van der Waals surface area (Å²) < 4.78 is 0. The number of hydrogen-bond donors (Lipinski definition) is 2. The molecule has 1 aromatic heterocycles. The Balaban J connectivity index is 1.94. The van der Waals surface area contributed by atoms with Gasteiger partial charge >= 0.3 is 0 Å². The van der Waals surface area contributed by atoms with Gasteiger partial charge in [-0.15, -0.1) is 0 Å². The van der Waals surface area contributed by atoms with Gasteiger partial charge in [0.15, 0.2) is 0 Å². The van der Waals surface area contributed by atoms with Crippen molar-refractivity contribution in [3.05, 3.63) is 30.1 Å². The van der Waals surface area contributed by atoms with E-state index in [0.717, 1.165) is 31.4 Å². The molecule has 0 saturated heterocycles. The van der Waals surface area contributed by atoms with Crippen molar-refractivity contribution < 1.29 is 4.79 Å². The minimum atomic E-state index is -0.360. The molecule has 0 radical (unpaired) electrons. The van der Waals surface area contributed by atoms with Crippen LogP contribution in [-0.4, -0.2) is 17.4 Å². The van der Waals surface area contributed by atoms with Crippen molar-refractivity contribution in [2.24, 2.45) is 17.1 Å². The normalized spacial score (nSPS) is 26.9. The van der Waals surface area contributed by atoms with Crippen LogP contribution >= 0.6 is 0 Å². The molecule has 19 heavy (non-hydrogen) atoms. The van der Waals surface area contributed by atoms with Crippen molar-refractivity contribution in [3.63, 3.8) is 0 Å². The van der Waals surface area contributed by atoms with Crippen LogP contribution in [0.5, 0.6) is 0 Å². The Hall–Kier alpha value is -1.42. The van der Waals surface area contributed by atoms with Crippen LogP contribution in [0.25, 0.3) is 0 Å². The molecule has 0 spiro atoms. The quantitative estimate of drug-likeness (QED) is 0.869. The van der Waals surface area contributed by atoms with E-state index in [1.807, 2.05) is 18.2 Å². The Bertz CT molecular complexity index is 411. The number of pyridine rings is 1. The van der Waals surface area contributed by atoms with Crippen molar-refractivity contribution in [3.8, 4) is 0 Å². The number of rotatable bonds is 4. The van der Waals surface area contributed by atoms with Crippen molar-refractivity contribution in [1.29, 1.82) is 0 Å². The SMILES string of the molecule is CC1CCC(CN)(C(=O)NCc2ccccn2)CC1. The smallest absolute Gasteiger partial charge is 0.227 e. The van der Waals surface area contributed by atoms with E-state index in [0.29, 0.717) is 19.0 Å². The maximum Gasteiger partial charge on any atom is 0.227 e. The highest BCUT2D eigenvalue weighted by Gasteiger charge is 2.39. The largest absolute Gasteiger partial charge is 0.350 e. The lowest BCUT2D eigenvalue weighted by Crippen LogP contribution is -2.47. The summed E-state index contributed by atoms with van der Waals surface area (Å²) in [4.78, 5) is 16.6. The topological polar surface area (TPSA) is 68.0 Å². The zero-order chi connectivity index (χ0) is 13.7. The van der Waals surface area contributed by atoms with Crippen LogP contribution in [0.1, 0.15) is 38.3 Å². The molecule has 3 N–H and O–H groups in total. The van der Waals surface area contributed by atoms with Crippen molar-refractivity contribution in [2.75, 3.05) is 6.54 Å². The fourth-order valence-electron chi connectivity index (χ4n) is 2.70. The van der Waals surface area contributed by atoms with Gasteiger partial charge in [-0.05, 0) is 43.7 Å². The highest BCUT2D eigenvalue weighted by atomic mass is 16.2. The molecule has 2 rings (SSSR count). The number of amides is 1. The van der Waals surface area contributed by atoms with E-state index in [4.69, 9.17) is 5.73 Å². The van der Waals surface area contributed by atoms with Gasteiger partial charge < -0.3 is 11.1 Å². The minimum absolute atomic E-state index is 0.0903. The average molecular weight is 261 g/mol. The Morgan fingerprint density at radius 2 is 2.21 bits per heavy atom. The highest BCUT2D eigenvalue weighted by molar-refractivity contribution is 5.82. The van der Waals surface area contributed by atoms with Crippen molar-refractivity contribution in [1.82, 2.24) is 10.3 Å². The van der Waals surface area contributed by atoms with E-state index in [1.165, 1.54) is 0 Å². The molecule has 0 atom stereocenters. The summed E-state index contributed by atoms with van der Waals surface area (Å²) in [6.07, 6.45) is 5.72. The number of hydrogen-bond acceptors (Lipinski definition) is 3. The molecule has 1 amide bonds. The Morgan fingerprint density at radius 3 is 2.79 bits per heavy atom. The number of nitrogens with two attached hydrogens (primary N) is 1. The zero-order valence-electron chi connectivity index (χ0n) is 11.6. The third-order valence-electron chi connectivity index (χ3n) is 4.26. The monoisotopic (exact) mass is 261 g/mol. The van der Waals surface area contributed by atoms with Crippen LogP contribution in [0.2, 0.25) is 0 Å². The molecule has 4 heteroatoms. The minimum Gasteiger partial charge on any atom is -0.350 e. The van der Waals surface area contributed by atoms with Crippen LogP contribution in [-0.2, 0) is 11.3 Å². The first-order valence-electron chi connectivity index (χ1n) is 7.04. The molecule has 1 fully saturated rings. The van der Waals surface area contributed by atoms with E-state index in [2.05, 4.69) is 17.2 Å². The van der Waals surface area contributed by atoms with Crippen LogP contribution in [0, 0.1) is 11.3 Å². The van der Waals surface area contributed by atoms with Gasteiger partial charge in [0.25, 0.3) is 0 Å².